The Morgan fingerprint density at radius 3 is 1.44 bits per heavy atom. The van der Waals surface area contributed by atoms with E-state index in [4.69, 9.17) is 19.8 Å². The minimum atomic E-state index is -2.07. The predicted molar refractivity (Wildman–Crippen MR) is 16.3 cm³/mol. The summed E-state index contributed by atoms with van der Waals surface area (Å²) < 4.78 is 0. The Hall–Kier alpha value is 1.28. The molecule has 0 amide bonds. The Kier molecular flexibility index (Phi) is 29.9. The van der Waals surface area contributed by atoms with Gasteiger partial charge in [-0.2, -0.15) is 0 Å². The number of hydrogen-bond acceptors (Lipinski definition) is 3. The van der Waals surface area contributed by atoms with Crippen LogP contribution in [0.4, 0.5) is 0 Å². The smallest absolute Gasteiger partial charge is 0.539 e. The molecule has 3 N–H and O–H groups in total. The molecule has 0 aromatic rings. The number of hydrogen-bond donors (Lipinski definition) is 1. The van der Waals surface area contributed by atoms with Gasteiger partial charge in [-0.15, -0.1) is 0 Å². The third-order valence-corrected chi connectivity index (χ3v) is 0.175. The van der Waals surface area contributed by atoms with Crippen molar-refractivity contribution in [2.45, 2.75) is 0 Å². The molecule has 0 heterocycles. The Morgan fingerprint density at radius 1 is 1.33 bits per heavy atom. The van der Waals surface area contributed by atoms with Gasteiger partial charge in [0.15, 0.2) is 5.97 Å². The summed E-state index contributed by atoms with van der Waals surface area (Å²) in [6, 6.07) is 0. The van der Waals surface area contributed by atoms with Gasteiger partial charge in [-0.05, 0) is 0 Å². The molecule has 0 bridgehead atoms. The van der Waals surface area contributed by atoms with Crippen LogP contribution in [-0.4, -0.2) is 22.5 Å². The van der Waals surface area contributed by atoms with Gasteiger partial charge in [0, 0.05) is 22.4 Å². The van der Waals surface area contributed by atoms with Crippen molar-refractivity contribution in [3.63, 3.8) is 0 Å². The first-order valence-electron chi connectivity index (χ1n) is 1.09. The molecular formula is C2H3AgKO5. The van der Waals surface area contributed by atoms with Crippen molar-refractivity contribution in [3.8, 4) is 0 Å². The van der Waals surface area contributed by atoms with E-state index in [0.717, 1.165) is 0 Å². The van der Waals surface area contributed by atoms with Gasteiger partial charge in [0.05, 0.1) is 0 Å². The van der Waals surface area contributed by atoms with Gasteiger partial charge < -0.3 is 20.5 Å². The molecule has 0 spiro atoms. The van der Waals surface area contributed by atoms with Crippen LogP contribution in [0.15, 0.2) is 0 Å². The molecule has 0 atom stereocenters. The summed E-state index contributed by atoms with van der Waals surface area (Å²) in [5.74, 6) is -4.01. The van der Waals surface area contributed by atoms with Crippen LogP contribution in [-0.2, 0) is 32.0 Å². The van der Waals surface area contributed by atoms with Crippen molar-refractivity contribution in [2.75, 3.05) is 0 Å². The molecule has 0 saturated carbocycles. The van der Waals surface area contributed by atoms with E-state index < -0.39 is 11.9 Å². The van der Waals surface area contributed by atoms with Crippen molar-refractivity contribution in [1.82, 2.24) is 0 Å². The van der Waals surface area contributed by atoms with Crippen LogP contribution in [0.3, 0.4) is 0 Å². The van der Waals surface area contributed by atoms with Gasteiger partial charge >= 0.3 is 57.4 Å². The zero-order valence-electron chi connectivity index (χ0n) is 4.47. The van der Waals surface area contributed by atoms with Gasteiger partial charge in [-0.25, -0.2) is 4.79 Å². The van der Waals surface area contributed by atoms with Crippen LogP contribution in [0, 0.1) is 0 Å². The van der Waals surface area contributed by atoms with E-state index in [1.54, 1.807) is 0 Å². The average molecular weight is 254 g/mol. The van der Waals surface area contributed by atoms with Gasteiger partial charge in [0.25, 0.3) is 0 Å². The van der Waals surface area contributed by atoms with E-state index >= 15 is 0 Å². The maximum atomic E-state index is 9.04. The van der Waals surface area contributed by atoms with Gasteiger partial charge in [0.2, 0.25) is 0 Å². The second-order valence-electron chi connectivity index (χ2n) is 0.593. The molecule has 0 aliphatic heterocycles. The van der Waals surface area contributed by atoms with Gasteiger partial charge in [-0.1, -0.05) is 0 Å². The molecule has 0 aliphatic carbocycles. The number of carbonyl (C=O) groups is 2. The standard InChI is InChI=1S/C2H2O4.Ag.K.H2O/c3-1(4)2(5)6;;;/h(H,3,4)(H,5,6);;;1H2/q;;+1;/p-1. The van der Waals surface area contributed by atoms with Crippen molar-refractivity contribution in [1.29, 1.82) is 0 Å². The molecular weight excluding hydrogens is 251 g/mol. The largest absolute Gasteiger partial charge is 1.00 e. The summed E-state index contributed by atoms with van der Waals surface area (Å²) in [6.07, 6.45) is 0. The summed E-state index contributed by atoms with van der Waals surface area (Å²) >= 11 is 0. The van der Waals surface area contributed by atoms with Crippen molar-refractivity contribution >= 4 is 11.9 Å². The van der Waals surface area contributed by atoms with E-state index in [1.807, 2.05) is 0 Å². The summed E-state index contributed by atoms with van der Waals surface area (Å²) in [5, 5.41) is 16.3. The van der Waals surface area contributed by atoms with Crippen molar-refractivity contribution < 1.29 is 99.0 Å². The molecule has 0 aliphatic rings. The quantitative estimate of drug-likeness (QED) is 0.342. The third-order valence-electron chi connectivity index (χ3n) is 0.175. The molecule has 0 aromatic heterocycles. The summed E-state index contributed by atoms with van der Waals surface area (Å²) in [6.45, 7) is 0. The molecule has 0 aromatic carbocycles. The van der Waals surface area contributed by atoms with Gasteiger partial charge in [0.1, 0.15) is 0 Å². The Bertz CT molecular complexity index is 81.0. The number of carboxylic acid groups (broad SMARTS) is 2. The second-order valence-corrected chi connectivity index (χ2v) is 0.593. The average Bonchev–Trinajstić information content (AvgIpc) is 1.36. The summed E-state index contributed by atoms with van der Waals surface area (Å²) in [4.78, 5) is 18.0. The maximum Gasteiger partial charge on any atom is 1.00 e. The van der Waals surface area contributed by atoms with Crippen molar-refractivity contribution in [2.24, 2.45) is 0 Å². The molecule has 5 nitrogen and oxygen atoms in total. The first-order valence-corrected chi connectivity index (χ1v) is 1.09. The third kappa shape index (κ3) is 17.6. The normalized spacial score (nSPS) is 4.89. The van der Waals surface area contributed by atoms with Crippen LogP contribution < -0.4 is 56.5 Å². The second kappa shape index (κ2) is 12.0. The van der Waals surface area contributed by atoms with E-state index in [2.05, 4.69) is 0 Å². The predicted octanol–water partition coefficient (Wildman–Crippen LogP) is -6.00. The summed E-state index contributed by atoms with van der Waals surface area (Å²) in [7, 11) is 0. The van der Waals surface area contributed by atoms with E-state index in [0.29, 0.717) is 0 Å². The van der Waals surface area contributed by atoms with E-state index in [9.17, 15) is 0 Å². The molecule has 0 rings (SSSR count). The topological polar surface area (TPSA) is 109 Å². The summed E-state index contributed by atoms with van der Waals surface area (Å²) in [5.41, 5.74) is 0. The number of carbonyl (C=O) groups excluding carboxylic acids is 1. The fourth-order valence-electron chi connectivity index (χ4n) is 0. The fourth-order valence-corrected chi connectivity index (χ4v) is 0. The van der Waals surface area contributed by atoms with Crippen LogP contribution in [0.2, 0.25) is 0 Å². The Balaban J connectivity index is -0.0000000417. The van der Waals surface area contributed by atoms with Crippen LogP contribution in [0.5, 0.6) is 0 Å². The van der Waals surface area contributed by atoms with Crippen LogP contribution in [0.1, 0.15) is 0 Å². The fraction of sp³-hybridized carbons (Fsp3) is 0. The van der Waals surface area contributed by atoms with Gasteiger partial charge in [-0.3, -0.25) is 0 Å². The van der Waals surface area contributed by atoms with Crippen LogP contribution >= 0.6 is 0 Å². The molecule has 9 heavy (non-hydrogen) atoms. The SMILES string of the molecule is O.O=C([O-])C(=O)O.[Ag].[K+]. The number of carboxylic acids is 2. The zero-order valence-corrected chi connectivity index (χ0v) is 9.08. The Morgan fingerprint density at radius 2 is 1.44 bits per heavy atom. The van der Waals surface area contributed by atoms with Crippen molar-refractivity contribution in [3.05, 3.63) is 0 Å². The van der Waals surface area contributed by atoms with Crippen LogP contribution in [0.25, 0.3) is 0 Å². The Labute approximate surface area is 109 Å². The molecule has 0 unspecified atom stereocenters. The minimum Gasteiger partial charge on any atom is -0.539 e. The van der Waals surface area contributed by atoms with E-state index in [1.165, 1.54) is 0 Å². The number of aliphatic carboxylic acids is 2. The molecule has 0 fully saturated rings. The first kappa shape index (κ1) is 22.4. The number of rotatable bonds is 0. The molecule has 7 heteroatoms. The monoisotopic (exact) mass is 253 g/mol. The maximum absolute atomic E-state index is 9.04. The molecule has 0 saturated heterocycles. The zero-order chi connectivity index (χ0) is 5.15. The minimum absolute atomic E-state index is 0. The van der Waals surface area contributed by atoms with E-state index in [-0.39, 0.29) is 79.2 Å². The molecule has 1 radical (unpaired) electrons. The molecule has 53 valence electrons. The first-order chi connectivity index (χ1) is 2.64.